The van der Waals surface area contributed by atoms with Crippen molar-refractivity contribution >= 4 is 16.5 Å². The maximum Gasteiger partial charge on any atom is 0.185 e. The second kappa shape index (κ2) is 6.25. The Kier molecular flexibility index (Phi) is 4.55. The van der Waals surface area contributed by atoms with Crippen LogP contribution >= 0.6 is 11.3 Å². The molecule has 2 fully saturated rings. The van der Waals surface area contributed by atoms with Gasteiger partial charge in [0.2, 0.25) is 0 Å². The molecule has 1 heterocycles. The molecule has 3 unspecified atom stereocenters. The molecule has 0 aliphatic heterocycles. The predicted octanol–water partition coefficient (Wildman–Crippen LogP) is 3.86. The molecule has 1 aromatic rings. The maximum atomic E-state index is 4.94. The van der Waals surface area contributed by atoms with E-state index in [0.717, 1.165) is 24.3 Å². The van der Waals surface area contributed by atoms with E-state index in [1.807, 2.05) is 18.4 Å². The summed E-state index contributed by atoms with van der Waals surface area (Å²) in [5.74, 6) is 3.46. The fourth-order valence-electron chi connectivity index (χ4n) is 4.28. The van der Waals surface area contributed by atoms with Crippen LogP contribution in [-0.4, -0.2) is 25.6 Å². The Morgan fingerprint density at radius 2 is 2.14 bits per heavy atom. The Labute approximate surface area is 133 Å². The van der Waals surface area contributed by atoms with Gasteiger partial charge in [0, 0.05) is 25.0 Å². The van der Waals surface area contributed by atoms with E-state index in [2.05, 4.69) is 31.1 Å². The van der Waals surface area contributed by atoms with Crippen LogP contribution in [0.2, 0.25) is 0 Å². The summed E-state index contributed by atoms with van der Waals surface area (Å²) < 4.78 is 0. The third kappa shape index (κ3) is 3.11. The van der Waals surface area contributed by atoms with Crippen molar-refractivity contribution in [1.82, 2.24) is 10.3 Å². The van der Waals surface area contributed by atoms with Gasteiger partial charge in [0.05, 0.1) is 5.69 Å². The van der Waals surface area contributed by atoms with Gasteiger partial charge < -0.3 is 10.2 Å². The number of hydrogen-bond donors (Lipinski definition) is 1. The lowest BCUT2D eigenvalue weighted by molar-refractivity contribution is 0.337. The van der Waals surface area contributed by atoms with Crippen molar-refractivity contribution < 1.29 is 0 Å². The Balaban J connectivity index is 1.69. The summed E-state index contributed by atoms with van der Waals surface area (Å²) in [6, 6.07) is 0. The molecule has 21 heavy (non-hydrogen) atoms. The molecule has 0 saturated heterocycles. The molecule has 2 bridgehead atoms. The monoisotopic (exact) mass is 307 g/mol. The molecule has 0 aromatic carbocycles. The first-order valence-electron chi connectivity index (χ1n) is 8.43. The van der Waals surface area contributed by atoms with Gasteiger partial charge in [-0.2, -0.15) is 0 Å². The standard InChI is InChI=1S/C17H29N3S/c1-11(2)16-15(9-18-3)21-17(19-16)20(4)10-14-8-12-5-6-13(14)7-12/h11-14,18H,5-10H2,1-4H3. The van der Waals surface area contributed by atoms with Crippen LogP contribution in [0.1, 0.15) is 56.0 Å². The average molecular weight is 308 g/mol. The summed E-state index contributed by atoms with van der Waals surface area (Å²) in [6.07, 6.45) is 5.93. The molecular formula is C17H29N3S. The zero-order valence-corrected chi connectivity index (χ0v) is 14.7. The Morgan fingerprint density at radius 3 is 2.71 bits per heavy atom. The molecule has 1 N–H and O–H groups in total. The summed E-state index contributed by atoms with van der Waals surface area (Å²) in [5.41, 5.74) is 1.28. The van der Waals surface area contributed by atoms with Crippen molar-refractivity contribution in [3.8, 4) is 0 Å². The minimum Gasteiger partial charge on any atom is -0.351 e. The second-order valence-corrected chi connectivity index (χ2v) is 8.37. The van der Waals surface area contributed by atoms with Gasteiger partial charge in [-0.1, -0.05) is 20.3 Å². The van der Waals surface area contributed by atoms with E-state index in [4.69, 9.17) is 4.98 Å². The number of fused-ring (bicyclic) bond motifs is 2. The molecular weight excluding hydrogens is 278 g/mol. The fraction of sp³-hybridized carbons (Fsp3) is 0.824. The van der Waals surface area contributed by atoms with Gasteiger partial charge in [0.1, 0.15) is 0 Å². The molecule has 1 aromatic heterocycles. The van der Waals surface area contributed by atoms with Crippen LogP contribution in [0.5, 0.6) is 0 Å². The van der Waals surface area contributed by atoms with Crippen molar-refractivity contribution in [1.29, 1.82) is 0 Å². The lowest BCUT2D eigenvalue weighted by Crippen LogP contribution is -2.28. The molecule has 0 spiro atoms. The SMILES string of the molecule is CNCc1sc(N(C)CC2CC3CCC2C3)nc1C(C)C. The number of aromatic nitrogens is 1. The Morgan fingerprint density at radius 1 is 1.33 bits per heavy atom. The minimum atomic E-state index is 0.509. The van der Waals surface area contributed by atoms with Gasteiger partial charge in [-0.05, 0) is 50.0 Å². The first-order valence-corrected chi connectivity index (χ1v) is 9.25. The largest absolute Gasteiger partial charge is 0.351 e. The first kappa shape index (κ1) is 15.3. The van der Waals surface area contributed by atoms with Crippen LogP contribution in [0.3, 0.4) is 0 Å². The van der Waals surface area contributed by atoms with Crippen LogP contribution < -0.4 is 10.2 Å². The third-order valence-corrected chi connectivity index (χ3v) is 6.51. The van der Waals surface area contributed by atoms with Crippen molar-refractivity contribution in [2.75, 3.05) is 25.5 Å². The fourth-order valence-corrected chi connectivity index (χ4v) is 5.48. The van der Waals surface area contributed by atoms with E-state index in [9.17, 15) is 0 Å². The maximum absolute atomic E-state index is 4.94. The molecule has 118 valence electrons. The van der Waals surface area contributed by atoms with E-state index in [0.29, 0.717) is 5.92 Å². The summed E-state index contributed by atoms with van der Waals surface area (Å²) in [6.45, 7) is 6.63. The van der Waals surface area contributed by atoms with Gasteiger partial charge in [-0.3, -0.25) is 0 Å². The quantitative estimate of drug-likeness (QED) is 0.865. The molecule has 0 amide bonds. The Hall–Kier alpha value is -0.610. The smallest absolute Gasteiger partial charge is 0.185 e. The first-order chi connectivity index (χ1) is 10.1. The van der Waals surface area contributed by atoms with Crippen LogP contribution in [0.4, 0.5) is 5.13 Å². The summed E-state index contributed by atoms with van der Waals surface area (Å²) in [5, 5.41) is 4.49. The molecule has 2 saturated carbocycles. The van der Waals surface area contributed by atoms with Crippen molar-refractivity contribution in [2.45, 2.75) is 52.0 Å². The molecule has 0 radical (unpaired) electrons. The number of rotatable bonds is 6. The number of hydrogen-bond acceptors (Lipinski definition) is 4. The van der Waals surface area contributed by atoms with Crippen molar-refractivity contribution in [3.05, 3.63) is 10.6 Å². The van der Waals surface area contributed by atoms with Gasteiger partial charge in [0.15, 0.2) is 5.13 Å². The average Bonchev–Trinajstić information content (AvgIpc) is 3.12. The minimum absolute atomic E-state index is 0.509. The summed E-state index contributed by atoms with van der Waals surface area (Å²) in [4.78, 5) is 8.76. The zero-order chi connectivity index (χ0) is 15.0. The normalized spacial score (nSPS) is 27.8. The van der Waals surface area contributed by atoms with Crippen LogP contribution in [0.15, 0.2) is 0 Å². The molecule has 4 heteroatoms. The van der Waals surface area contributed by atoms with Crippen molar-refractivity contribution in [2.24, 2.45) is 17.8 Å². The van der Waals surface area contributed by atoms with E-state index in [-0.39, 0.29) is 0 Å². The second-order valence-electron chi connectivity index (χ2n) is 7.31. The lowest BCUT2D eigenvalue weighted by Gasteiger charge is -2.26. The van der Waals surface area contributed by atoms with E-state index < -0.39 is 0 Å². The molecule has 2 aliphatic carbocycles. The molecule has 3 rings (SSSR count). The topological polar surface area (TPSA) is 28.2 Å². The van der Waals surface area contributed by atoms with Gasteiger partial charge in [-0.25, -0.2) is 4.98 Å². The number of nitrogens with one attached hydrogen (secondary N) is 1. The van der Waals surface area contributed by atoms with E-state index >= 15 is 0 Å². The number of thiazole rings is 1. The summed E-state index contributed by atoms with van der Waals surface area (Å²) >= 11 is 1.88. The number of anilines is 1. The Bertz CT molecular complexity index is 482. The van der Waals surface area contributed by atoms with Crippen molar-refractivity contribution in [3.63, 3.8) is 0 Å². The van der Waals surface area contributed by atoms with Gasteiger partial charge in [-0.15, -0.1) is 11.3 Å². The lowest BCUT2D eigenvalue weighted by atomic mass is 9.88. The number of nitrogens with zero attached hydrogens (tertiary/aromatic N) is 2. The molecule has 2 aliphatic rings. The summed E-state index contributed by atoms with van der Waals surface area (Å²) in [7, 11) is 4.25. The van der Waals surface area contributed by atoms with Crippen LogP contribution in [-0.2, 0) is 6.54 Å². The highest BCUT2D eigenvalue weighted by Gasteiger charge is 2.39. The third-order valence-electron chi connectivity index (χ3n) is 5.32. The van der Waals surface area contributed by atoms with Gasteiger partial charge in [0.25, 0.3) is 0 Å². The van der Waals surface area contributed by atoms with Crippen LogP contribution in [0, 0.1) is 17.8 Å². The molecule has 3 nitrogen and oxygen atoms in total. The van der Waals surface area contributed by atoms with E-state index in [1.54, 1.807) is 0 Å². The van der Waals surface area contributed by atoms with E-state index in [1.165, 1.54) is 47.9 Å². The highest BCUT2D eigenvalue weighted by molar-refractivity contribution is 7.15. The zero-order valence-electron chi connectivity index (χ0n) is 13.9. The predicted molar refractivity (Wildman–Crippen MR) is 91.2 cm³/mol. The van der Waals surface area contributed by atoms with Crippen LogP contribution in [0.25, 0.3) is 0 Å². The molecule has 3 atom stereocenters. The highest BCUT2D eigenvalue weighted by atomic mass is 32.1. The highest BCUT2D eigenvalue weighted by Crippen LogP contribution is 2.48. The van der Waals surface area contributed by atoms with Gasteiger partial charge >= 0.3 is 0 Å².